The van der Waals surface area contributed by atoms with Crippen molar-refractivity contribution in [1.29, 1.82) is 0 Å². The van der Waals surface area contributed by atoms with Crippen molar-refractivity contribution < 1.29 is 24.2 Å². The van der Waals surface area contributed by atoms with Gasteiger partial charge in [-0.05, 0) is 78.3 Å². The lowest BCUT2D eigenvalue weighted by atomic mass is 9.80. The molecule has 2 amide bonds. The first-order chi connectivity index (χ1) is 18.6. The minimum Gasteiger partial charge on any atom is -0.444 e. The zero-order valence-corrected chi connectivity index (χ0v) is 26.4. The van der Waals surface area contributed by atoms with Gasteiger partial charge in [0.1, 0.15) is 16.4 Å². The van der Waals surface area contributed by atoms with E-state index in [9.17, 15) is 14.7 Å². The number of fused-ring (bicyclic) bond motifs is 1. The Morgan fingerprint density at radius 2 is 1.88 bits per heavy atom. The summed E-state index contributed by atoms with van der Waals surface area (Å²) in [6.45, 7) is 13.2. The van der Waals surface area contributed by atoms with Crippen LogP contribution in [0.1, 0.15) is 82.0 Å². The normalized spacial score (nSPS) is 19.9. The molecule has 1 aliphatic rings. The van der Waals surface area contributed by atoms with Gasteiger partial charge in [0.25, 0.3) is 0 Å². The fourth-order valence-electron chi connectivity index (χ4n) is 4.93. The highest BCUT2D eigenvalue weighted by atomic mass is 35.5. The zero-order chi connectivity index (χ0) is 29.4. The van der Waals surface area contributed by atoms with Crippen molar-refractivity contribution in [3.05, 3.63) is 44.1 Å². The van der Waals surface area contributed by atoms with Gasteiger partial charge in [0.2, 0.25) is 0 Å². The van der Waals surface area contributed by atoms with Gasteiger partial charge in [-0.25, -0.2) is 14.6 Å². The molecule has 40 heavy (non-hydrogen) atoms. The number of aliphatic hydroxyl groups is 1. The summed E-state index contributed by atoms with van der Waals surface area (Å²) in [4.78, 5) is 34.5. The number of hydrogen-bond acceptors (Lipinski definition) is 8. The number of amides is 2. The molecule has 3 aromatic heterocycles. The van der Waals surface area contributed by atoms with Gasteiger partial charge in [0.05, 0.1) is 34.6 Å². The van der Waals surface area contributed by atoms with Crippen LogP contribution in [0.3, 0.4) is 0 Å². The number of halogens is 1. The maximum Gasteiger partial charge on any atom is 0.415 e. The summed E-state index contributed by atoms with van der Waals surface area (Å²) in [7, 11) is 0. The fourth-order valence-corrected chi connectivity index (χ4v) is 7.27. The highest BCUT2D eigenvalue weighted by Gasteiger charge is 2.38. The Morgan fingerprint density at radius 3 is 2.50 bits per heavy atom. The molecule has 3 atom stereocenters. The Morgan fingerprint density at radius 1 is 1.18 bits per heavy atom. The second-order valence-electron chi connectivity index (χ2n) is 12.2. The number of ether oxygens (including phenoxy) is 2. The molecule has 2 N–H and O–H groups in total. The third kappa shape index (κ3) is 7.26. The van der Waals surface area contributed by atoms with Crippen molar-refractivity contribution >= 4 is 62.4 Å². The lowest BCUT2D eigenvalue weighted by Gasteiger charge is -2.36. The van der Waals surface area contributed by atoms with E-state index in [1.165, 1.54) is 11.3 Å². The van der Waals surface area contributed by atoms with Crippen LogP contribution in [-0.4, -0.2) is 45.6 Å². The lowest BCUT2D eigenvalue weighted by molar-refractivity contribution is 0.0326. The van der Waals surface area contributed by atoms with Crippen molar-refractivity contribution in [2.45, 2.75) is 104 Å². The average Bonchev–Trinajstić information content (AvgIpc) is 3.44. The zero-order valence-electron chi connectivity index (χ0n) is 24.0. The molecular formula is C29H38ClN3O5S2. The largest absolute Gasteiger partial charge is 0.444 e. The van der Waals surface area contributed by atoms with Crippen LogP contribution in [0.5, 0.6) is 0 Å². The van der Waals surface area contributed by atoms with E-state index in [2.05, 4.69) is 10.3 Å². The highest BCUT2D eigenvalue weighted by Crippen LogP contribution is 2.45. The fraction of sp³-hybridized carbons (Fsp3) is 0.552. The number of pyridine rings is 1. The monoisotopic (exact) mass is 607 g/mol. The highest BCUT2D eigenvalue weighted by molar-refractivity contribution is 7.20. The molecule has 0 radical (unpaired) electrons. The second kappa shape index (κ2) is 11.8. The molecule has 3 heterocycles. The molecule has 218 valence electrons. The topological polar surface area (TPSA) is 101 Å². The molecule has 4 rings (SSSR count). The van der Waals surface area contributed by atoms with E-state index in [0.29, 0.717) is 24.2 Å². The number of alkyl carbamates (subject to hydrolysis) is 1. The van der Waals surface area contributed by atoms with E-state index >= 15 is 0 Å². The van der Waals surface area contributed by atoms with Crippen LogP contribution in [0.25, 0.3) is 10.2 Å². The van der Waals surface area contributed by atoms with Crippen LogP contribution < -0.4 is 10.2 Å². The maximum absolute atomic E-state index is 13.5. The third-order valence-electron chi connectivity index (χ3n) is 6.54. The number of nitrogens with one attached hydrogen (secondary N) is 1. The number of aliphatic hydroxyl groups excluding tert-OH is 1. The van der Waals surface area contributed by atoms with Crippen LogP contribution >= 0.6 is 34.3 Å². The second-order valence-corrected chi connectivity index (χ2v) is 14.6. The van der Waals surface area contributed by atoms with Crippen molar-refractivity contribution in [3.8, 4) is 0 Å². The number of thiophene rings is 2. The standard InChI is InChI=1S/C29H38ClN3O5S2/c1-16-22-25(40-24(16)18-11-8-12-20(34)23(18)32-26(35)37-28(2,3)4)19(14-21(30)31-22)33(15-17-10-9-13-39-17)27(36)38-29(5,6)7/h9-10,13-14,18,20,23,34H,8,11-12,15H2,1-7H3,(H,32,35). The van der Waals surface area contributed by atoms with Gasteiger partial charge < -0.3 is 19.9 Å². The van der Waals surface area contributed by atoms with E-state index in [-0.39, 0.29) is 11.1 Å². The van der Waals surface area contributed by atoms with E-state index in [0.717, 1.165) is 32.9 Å². The Hall–Kier alpha value is -2.40. The van der Waals surface area contributed by atoms with Crippen LogP contribution in [-0.2, 0) is 16.0 Å². The molecule has 0 spiro atoms. The number of nitrogens with zero attached hydrogens (tertiary/aromatic N) is 2. The summed E-state index contributed by atoms with van der Waals surface area (Å²) in [5, 5.41) is 16.1. The molecular weight excluding hydrogens is 570 g/mol. The summed E-state index contributed by atoms with van der Waals surface area (Å²) in [6, 6.07) is 5.10. The van der Waals surface area contributed by atoms with Gasteiger partial charge >= 0.3 is 12.2 Å². The van der Waals surface area contributed by atoms with Crippen LogP contribution in [0, 0.1) is 6.92 Å². The quantitative estimate of drug-likeness (QED) is 0.287. The third-order valence-corrected chi connectivity index (χ3v) is 9.03. The van der Waals surface area contributed by atoms with Crippen molar-refractivity contribution in [1.82, 2.24) is 10.3 Å². The van der Waals surface area contributed by atoms with E-state index in [1.54, 1.807) is 43.1 Å². The smallest absolute Gasteiger partial charge is 0.415 e. The predicted octanol–water partition coefficient (Wildman–Crippen LogP) is 7.78. The molecule has 0 saturated heterocycles. The number of aryl methyl sites for hydroxylation is 1. The van der Waals surface area contributed by atoms with Gasteiger partial charge in [0.15, 0.2) is 0 Å². The number of rotatable bonds is 5. The molecule has 11 heteroatoms. The Balaban J connectivity index is 1.78. The number of aromatic nitrogens is 1. The van der Waals surface area contributed by atoms with Gasteiger partial charge in [-0.2, -0.15) is 0 Å². The van der Waals surface area contributed by atoms with E-state index in [1.807, 2.05) is 45.2 Å². The van der Waals surface area contributed by atoms with Gasteiger partial charge in [-0.3, -0.25) is 4.90 Å². The number of carbonyl (C=O) groups is 2. The Kier molecular flexibility index (Phi) is 9.04. The lowest BCUT2D eigenvalue weighted by Crippen LogP contribution is -2.50. The summed E-state index contributed by atoms with van der Waals surface area (Å²) in [5.74, 6) is -0.158. The van der Waals surface area contributed by atoms with Crippen molar-refractivity contribution in [3.63, 3.8) is 0 Å². The van der Waals surface area contributed by atoms with Gasteiger partial charge in [-0.1, -0.05) is 24.1 Å². The minimum atomic E-state index is -0.719. The summed E-state index contributed by atoms with van der Waals surface area (Å²) >= 11 is 9.62. The van der Waals surface area contributed by atoms with Gasteiger partial charge in [-0.15, -0.1) is 22.7 Å². The summed E-state index contributed by atoms with van der Waals surface area (Å²) in [6.07, 6.45) is 0.424. The van der Waals surface area contributed by atoms with Crippen LogP contribution in [0.15, 0.2) is 23.6 Å². The average molecular weight is 608 g/mol. The summed E-state index contributed by atoms with van der Waals surface area (Å²) in [5.41, 5.74) is 0.883. The van der Waals surface area contributed by atoms with Crippen LogP contribution in [0.4, 0.5) is 15.3 Å². The SMILES string of the molecule is Cc1c(C2CCCC(O)C2NC(=O)OC(C)(C)C)sc2c(N(Cc3cccs3)C(=O)OC(C)(C)C)cc(Cl)nc12. The molecule has 0 aromatic carbocycles. The Bertz CT molecular complexity index is 1360. The maximum atomic E-state index is 13.5. The summed E-state index contributed by atoms with van der Waals surface area (Å²) < 4.78 is 12.1. The van der Waals surface area contributed by atoms with Crippen LogP contribution in [0.2, 0.25) is 5.15 Å². The Labute approximate surface area is 248 Å². The molecule has 0 bridgehead atoms. The molecule has 8 nitrogen and oxygen atoms in total. The van der Waals surface area contributed by atoms with E-state index < -0.39 is 35.5 Å². The van der Waals surface area contributed by atoms with E-state index in [4.69, 9.17) is 21.1 Å². The molecule has 3 aromatic rings. The number of hydrogen-bond donors (Lipinski definition) is 2. The van der Waals surface area contributed by atoms with Crippen molar-refractivity contribution in [2.75, 3.05) is 4.90 Å². The molecule has 0 aliphatic heterocycles. The number of carbonyl (C=O) groups excluding carboxylic acids is 2. The number of anilines is 1. The molecule has 1 saturated carbocycles. The first-order valence-electron chi connectivity index (χ1n) is 13.4. The molecule has 1 aliphatic carbocycles. The van der Waals surface area contributed by atoms with Crippen molar-refractivity contribution in [2.24, 2.45) is 0 Å². The first kappa shape index (κ1) is 30.6. The first-order valence-corrected chi connectivity index (χ1v) is 15.5. The minimum absolute atomic E-state index is 0.158. The molecule has 1 fully saturated rings. The predicted molar refractivity (Wildman–Crippen MR) is 162 cm³/mol. The molecule has 3 unspecified atom stereocenters. The van der Waals surface area contributed by atoms with Gasteiger partial charge in [0, 0.05) is 21.7 Å².